The van der Waals surface area contributed by atoms with E-state index in [1.54, 1.807) is 0 Å². The molecule has 8 rings (SSSR count). The number of fused-ring (bicyclic) bond motifs is 3. The van der Waals surface area contributed by atoms with Crippen LogP contribution in [0.15, 0.2) is 158 Å². The molecule has 0 amide bonds. The third kappa shape index (κ3) is 4.67. The minimum absolute atomic E-state index is 0.0698. The monoisotopic (exact) mass is 576 g/mol. The maximum Gasteiger partial charge on any atom is 0.161 e. The fourth-order valence-corrected chi connectivity index (χ4v) is 6.83. The zero-order chi connectivity index (χ0) is 30.4. The van der Waals surface area contributed by atoms with Gasteiger partial charge >= 0.3 is 0 Å². The molecule has 45 heavy (non-hydrogen) atoms. The molecule has 2 nitrogen and oxygen atoms in total. The van der Waals surface area contributed by atoms with Crippen molar-refractivity contribution in [1.29, 1.82) is 0 Å². The van der Waals surface area contributed by atoms with Gasteiger partial charge in [0, 0.05) is 22.1 Å². The molecule has 0 unspecified atom stereocenters. The number of hydrogen-bond donors (Lipinski definition) is 0. The van der Waals surface area contributed by atoms with Crippen LogP contribution in [0.5, 0.6) is 0 Å². The second-order valence-corrected chi connectivity index (χ2v) is 12.2. The lowest BCUT2D eigenvalue weighted by atomic mass is 9.82. The largest absolute Gasteiger partial charge is 0.228 e. The molecule has 1 aliphatic carbocycles. The first-order valence-corrected chi connectivity index (χ1v) is 15.5. The molecule has 2 heteroatoms. The van der Waals surface area contributed by atoms with Gasteiger partial charge in [0.2, 0.25) is 0 Å². The van der Waals surface area contributed by atoms with Gasteiger partial charge in [0.1, 0.15) is 0 Å². The van der Waals surface area contributed by atoms with Crippen molar-refractivity contribution in [2.24, 2.45) is 0 Å². The first-order chi connectivity index (χ1) is 22.1. The predicted molar refractivity (Wildman–Crippen MR) is 187 cm³/mol. The Labute approximate surface area is 264 Å². The fourth-order valence-electron chi connectivity index (χ4n) is 6.83. The Morgan fingerprint density at radius 1 is 0.378 bits per heavy atom. The Bertz CT molecular complexity index is 2160. The van der Waals surface area contributed by atoms with Crippen LogP contribution < -0.4 is 0 Å². The fraction of sp³-hybridized carbons (Fsp3) is 0.0698. The third-order valence-corrected chi connectivity index (χ3v) is 9.15. The minimum atomic E-state index is -0.0698. The quantitative estimate of drug-likeness (QED) is 0.204. The van der Waals surface area contributed by atoms with Gasteiger partial charge in [0.15, 0.2) is 5.82 Å². The van der Waals surface area contributed by atoms with E-state index < -0.39 is 0 Å². The summed E-state index contributed by atoms with van der Waals surface area (Å²) in [5.41, 5.74) is 15.0. The van der Waals surface area contributed by atoms with Crippen molar-refractivity contribution < 1.29 is 0 Å². The first kappa shape index (κ1) is 27.0. The van der Waals surface area contributed by atoms with Gasteiger partial charge in [-0.2, -0.15) is 0 Å². The van der Waals surface area contributed by atoms with Crippen LogP contribution in [0.1, 0.15) is 25.0 Å². The van der Waals surface area contributed by atoms with Crippen molar-refractivity contribution >= 4 is 0 Å². The van der Waals surface area contributed by atoms with E-state index in [4.69, 9.17) is 9.97 Å². The molecule has 0 atom stereocenters. The molecule has 1 heterocycles. The van der Waals surface area contributed by atoms with Gasteiger partial charge < -0.3 is 0 Å². The molecule has 214 valence electrons. The number of hydrogen-bond acceptors (Lipinski definition) is 2. The Morgan fingerprint density at radius 2 is 0.844 bits per heavy atom. The Balaban J connectivity index is 1.31. The van der Waals surface area contributed by atoms with Crippen molar-refractivity contribution in [3.8, 4) is 67.3 Å². The highest BCUT2D eigenvalue weighted by atomic mass is 14.9. The van der Waals surface area contributed by atoms with E-state index in [2.05, 4.69) is 159 Å². The summed E-state index contributed by atoms with van der Waals surface area (Å²) in [6.07, 6.45) is 0. The van der Waals surface area contributed by atoms with E-state index in [1.165, 1.54) is 38.9 Å². The number of nitrogens with zero attached hydrogens (tertiary/aromatic N) is 2. The predicted octanol–water partition coefficient (Wildman–Crippen LogP) is 11.1. The van der Waals surface area contributed by atoms with Crippen LogP contribution in [0, 0.1) is 0 Å². The molecule has 0 bridgehead atoms. The molecule has 0 radical (unpaired) electrons. The summed E-state index contributed by atoms with van der Waals surface area (Å²) >= 11 is 0. The van der Waals surface area contributed by atoms with Crippen LogP contribution in [0.25, 0.3) is 67.3 Å². The Kier molecular flexibility index (Phi) is 6.50. The summed E-state index contributed by atoms with van der Waals surface area (Å²) < 4.78 is 0. The van der Waals surface area contributed by atoms with E-state index in [-0.39, 0.29) is 5.41 Å². The molecular weight excluding hydrogens is 544 g/mol. The van der Waals surface area contributed by atoms with Gasteiger partial charge in [0.05, 0.1) is 11.4 Å². The second-order valence-electron chi connectivity index (χ2n) is 12.2. The van der Waals surface area contributed by atoms with Crippen molar-refractivity contribution in [2.45, 2.75) is 19.3 Å². The van der Waals surface area contributed by atoms with Crippen molar-refractivity contribution in [3.05, 3.63) is 169 Å². The van der Waals surface area contributed by atoms with Crippen LogP contribution in [-0.2, 0) is 5.41 Å². The van der Waals surface area contributed by atoms with Crippen LogP contribution >= 0.6 is 0 Å². The summed E-state index contributed by atoms with van der Waals surface area (Å²) in [4.78, 5) is 10.4. The highest BCUT2D eigenvalue weighted by Crippen LogP contribution is 2.52. The van der Waals surface area contributed by atoms with Gasteiger partial charge in [-0.05, 0) is 50.6 Å². The van der Waals surface area contributed by atoms with Gasteiger partial charge in [0.25, 0.3) is 0 Å². The maximum atomic E-state index is 5.24. The molecule has 0 fully saturated rings. The molecule has 0 aliphatic heterocycles. The topological polar surface area (TPSA) is 25.8 Å². The average molecular weight is 577 g/mol. The zero-order valence-electron chi connectivity index (χ0n) is 25.4. The summed E-state index contributed by atoms with van der Waals surface area (Å²) in [5.74, 6) is 0.720. The normalized spacial score (nSPS) is 12.8. The van der Waals surface area contributed by atoms with E-state index in [1.807, 2.05) is 12.1 Å². The van der Waals surface area contributed by atoms with Crippen LogP contribution in [0.2, 0.25) is 0 Å². The molecular formula is C43H32N2. The first-order valence-electron chi connectivity index (χ1n) is 15.5. The average Bonchev–Trinajstić information content (AvgIpc) is 3.35. The lowest BCUT2D eigenvalue weighted by Crippen LogP contribution is -2.14. The van der Waals surface area contributed by atoms with Crippen LogP contribution in [0.4, 0.5) is 0 Å². The van der Waals surface area contributed by atoms with E-state index in [0.717, 1.165) is 39.5 Å². The third-order valence-electron chi connectivity index (χ3n) is 9.15. The Morgan fingerprint density at radius 3 is 1.53 bits per heavy atom. The molecule has 0 saturated heterocycles. The molecule has 7 aromatic rings. The Hall–Kier alpha value is -5.60. The second kappa shape index (κ2) is 10.8. The van der Waals surface area contributed by atoms with E-state index in [9.17, 15) is 0 Å². The number of rotatable bonds is 5. The highest BCUT2D eigenvalue weighted by molar-refractivity contribution is 5.96. The summed E-state index contributed by atoms with van der Waals surface area (Å²) in [6, 6.07) is 55.8. The molecule has 0 N–H and O–H groups in total. The van der Waals surface area contributed by atoms with Crippen molar-refractivity contribution in [1.82, 2.24) is 9.97 Å². The van der Waals surface area contributed by atoms with Crippen molar-refractivity contribution in [3.63, 3.8) is 0 Å². The maximum absolute atomic E-state index is 5.24. The van der Waals surface area contributed by atoms with Gasteiger partial charge in [-0.25, -0.2) is 9.97 Å². The van der Waals surface area contributed by atoms with E-state index >= 15 is 0 Å². The summed E-state index contributed by atoms with van der Waals surface area (Å²) in [5, 5.41) is 0. The molecule has 0 saturated carbocycles. The summed E-state index contributed by atoms with van der Waals surface area (Å²) in [6.45, 7) is 4.66. The standard InChI is InChI=1S/C43H32N2/c1-43(2)37-22-12-11-20-36(37)41-34(21-13-23-38(41)43)33-18-9-10-19-35(33)42-44-39(31-16-7-4-8-17-31)28-40(45-42)32-26-24-30(25-27-32)29-14-5-3-6-15-29/h3-28H,1-2H3. The molecule has 1 aliphatic rings. The number of aromatic nitrogens is 2. The molecule has 1 aromatic heterocycles. The zero-order valence-corrected chi connectivity index (χ0v) is 25.4. The number of benzene rings is 6. The van der Waals surface area contributed by atoms with E-state index in [0.29, 0.717) is 0 Å². The van der Waals surface area contributed by atoms with Gasteiger partial charge in [-0.15, -0.1) is 0 Å². The molecule has 6 aromatic carbocycles. The van der Waals surface area contributed by atoms with Crippen LogP contribution in [-0.4, -0.2) is 9.97 Å². The van der Waals surface area contributed by atoms with Crippen molar-refractivity contribution in [2.75, 3.05) is 0 Å². The highest BCUT2D eigenvalue weighted by Gasteiger charge is 2.36. The smallest absolute Gasteiger partial charge is 0.161 e. The lowest BCUT2D eigenvalue weighted by molar-refractivity contribution is 0.660. The SMILES string of the molecule is CC1(C)c2ccccc2-c2c(-c3ccccc3-c3nc(-c4ccccc4)cc(-c4ccc(-c5ccccc5)cc4)n3)cccc21. The van der Waals surface area contributed by atoms with Gasteiger partial charge in [-0.1, -0.05) is 166 Å². The molecule has 0 spiro atoms. The van der Waals surface area contributed by atoms with Crippen LogP contribution in [0.3, 0.4) is 0 Å². The lowest BCUT2D eigenvalue weighted by Gasteiger charge is -2.21. The van der Waals surface area contributed by atoms with Gasteiger partial charge in [-0.3, -0.25) is 0 Å². The summed E-state index contributed by atoms with van der Waals surface area (Å²) in [7, 11) is 0. The minimum Gasteiger partial charge on any atom is -0.228 e.